The highest BCUT2D eigenvalue weighted by molar-refractivity contribution is 6.31. The smallest absolute Gasteiger partial charge is 0.236 e. The lowest BCUT2D eigenvalue weighted by molar-refractivity contribution is 0.122. The van der Waals surface area contributed by atoms with Gasteiger partial charge in [-0.2, -0.15) is 0 Å². The molecule has 3 aliphatic heterocycles. The highest BCUT2D eigenvalue weighted by Gasteiger charge is 2.19. The summed E-state index contributed by atoms with van der Waals surface area (Å²) in [4.78, 5) is 35.5. The van der Waals surface area contributed by atoms with Gasteiger partial charge in [0.25, 0.3) is 0 Å². The molecule has 0 radical (unpaired) electrons. The molecule has 7 heterocycles. The molecule has 12 heteroatoms. The molecule has 0 N–H and O–H groups in total. The second-order valence-corrected chi connectivity index (χ2v) is 14.4. The molecule has 3 fully saturated rings. The van der Waals surface area contributed by atoms with Gasteiger partial charge < -0.3 is 24.2 Å². The van der Waals surface area contributed by atoms with E-state index in [0.29, 0.717) is 30.7 Å². The topological polar surface area (TPSA) is 106 Å². The molecule has 6 aromatic rings. The van der Waals surface area contributed by atoms with Crippen molar-refractivity contribution in [2.75, 3.05) is 67.2 Å². The van der Waals surface area contributed by atoms with Crippen molar-refractivity contribution in [3.05, 3.63) is 107 Å². The molecule has 0 spiro atoms. The van der Waals surface area contributed by atoms with Crippen molar-refractivity contribution in [3.63, 3.8) is 0 Å². The zero-order chi connectivity index (χ0) is 36.7. The summed E-state index contributed by atoms with van der Waals surface area (Å²) in [7, 11) is 0. The number of benzene rings is 2. The van der Waals surface area contributed by atoms with E-state index in [4.69, 9.17) is 41.0 Å². The van der Waals surface area contributed by atoms with Gasteiger partial charge in [-0.15, -0.1) is 0 Å². The number of nitrogens with zero attached hydrogens (tertiary/aromatic N) is 9. The molecule has 9 rings (SSSR count). The van der Waals surface area contributed by atoms with Crippen LogP contribution in [0.5, 0.6) is 5.88 Å². The first kappa shape index (κ1) is 35.9. The van der Waals surface area contributed by atoms with Gasteiger partial charge >= 0.3 is 0 Å². The summed E-state index contributed by atoms with van der Waals surface area (Å²) in [6.45, 7) is 9.81. The summed E-state index contributed by atoms with van der Waals surface area (Å²) >= 11 is 6.27. The van der Waals surface area contributed by atoms with Crippen molar-refractivity contribution in [2.45, 2.75) is 52.1 Å². The molecule has 3 saturated heterocycles. The van der Waals surface area contributed by atoms with Crippen LogP contribution in [0, 0.1) is 6.92 Å². The van der Waals surface area contributed by atoms with Gasteiger partial charge in [-0.1, -0.05) is 35.9 Å². The largest absolute Gasteiger partial charge is 0.470 e. The number of ether oxygens (including phenoxy) is 2. The van der Waals surface area contributed by atoms with Crippen molar-refractivity contribution in [1.29, 1.82) is 0 Å². The standard InChI is InChI=1S/C23H26ClN5O.C19H20N4O/c24-17-6-8-20-19(16-17)23(29-12-14-30-15-13-29)27-21(26-20)9-7-18-4-3-5-22(25-18)28-10-1-2-11-28;1-14-19(22-17-9-3-2-8-16(17)20-14)24-13-15-7-6-10-18(21-15)23-11-4-5-12-23/h3-6,8,16H,1-2,7,9-15H2;2-3,6-10H,4-5,11-13H2,1H3. The van der Waals surface area contributed by atoms with Gasteiger partial charge in [0.1, 0.15) is 35.6 Å². The maximum atomic E-state index is 6.27. The van der Waals surface area contributed by atoms with Crippen molar-refractivity contribution in [2.24, 2.45) is 0 Å². The fraction of sp³-hybridized carbons (Fsp3) is 0.381. The zero-order valence-corrected chi connectivity index (χ0v) is 31.6. The van der Waals surface area contributed by atoms with Crippen LogP contribution < -0.4 is 19.4 Å². The van der Waals surface area contributed by atoms with E-state index in [-0.39, 0.29) is 0 Å². The van der Waals surface area contributed by atoms with Crippen LogP contribution in [-0.4, -0.2) is 82.4 Å². The predicted molar refractivity (Wildman–Crippen MR) is 215 cm³/mol. The second kappa shape index (κ2) is 16.9. The lowest BCUT2D eigenvalue weighted by Crippen LogP contribution is -2.37. The fourth-order valence-electron chi connectivity index (χ4n) is 7.25. The van der Waals surface area contributed by atoms with Gasteiger partial charge in [0.15, 0.2) is 0 Å². The normalized spacial score (nSPS) is 15.9. The third-order valence-corrected chi connectivity index (χ3v) is 10.3. The molecule has 0 saturated carbocycles. The third kappa shape index (κ3) is 8.63. The van der Waals surface area contributed by atoms with Crippen molar-refractivity contribution < 1.29 is 9.47 Å². The Bertz CT molecular complexity index is 2200. The highest BCUT2D eigenvalue weighted by atomic mass is 35.5. The summed E-state index contributed by atoms with van der Waals surface area (Å²) in [5, 5.41) is 1.71. The Morgan fingerprint density at radius 1 is 0.611 bits per heavy atom. The first-order valence-electron chi connectivity index (χ1n) is 19.1. The molecular formula is C42H46ClN9O2. The number of rotatable bonds is 9. The van der Waals surface area contributed by atoms with Gasteiger partial charge in [0.2, 0.25) is 5.88 Å². The predicted octanol–water partition coefficient (Wildman–Crippen LogP) is 7.41. The summed E-state index contributed by atoms with van der Waals surface area (Å²) in [5.74, 6) is 4.50. The molecule has 54 heavy (non-hydrogen) atoms. The third-order valence-electron chi connectivity index (χ3n) is 10.1. The Hall–Kier alpha value is -5.13. The molecule has 0 bridgehead atoms. The molecule has 4 aromatic heterocycles. The minimum atomic E-state index is 0.398. The van der Waals surface area contributed by atoms with E-state index in [1.165, 1.54) is 25.7 Å². The first-order valence-corrected chi connectivity index (χ1v) is 19.5. The minimum Gasteiger partial charge on any atom is -0.470 e. The molecule has 0 aliphatic carbocycles. The second-order valence-electron chi connectivity index (χ2n) is 14.0. The average Bonchev–Trinajstić information content (AvgIpc) is 3.96. The Kier molecular flexibility index (Phi) is 11.2. The molecule has 0 atom stereocenters. The van der Waals surface area contributed by atoms with E-state index in [0.717, 1.165) is 114 Å². The Morgan fingerprint density at radius 3 is 1.96 bits per heavy atom. The monoisotopic (exact) mass is 743 g/mol. The lowest BCUT2D eigenvalue weighted by atomic mass is 10.1. The number of para-hydroxylation sites is 2. The van der Waals surface area contributed by atoms with Crippen LogP contribution >= 0.6 is 11.6 Å². The number of aromatic nitrogens is 6. The van der Waals surface area contributed by atoms with Gasteiger partial charge in [0, 0.05) is 61.8 Å². The van der Waals surface area contributed by atoms with Crippen molar-refractivity contribution in [3.8, 4) is 5.88 Å². The van der Waals surface area contributed by atoms with Crippen LogP contribution in [0.4, 0.5) is 17.5 Å². The quantitative estimate of drug-likeness (QED) is 0.148. The lowest BCUT2D eigenvalue weighted by Gasteiger charge is -2.29. The number of hydrogen-bond acceptors (Lipinski definition) is 11. The van der Waals surface area contributed by atoms with Crippen LogP contribution in [0.25, 0.3) is 21.9 Å². The zero-order valence-electron chi connectivity index (χ0n) is 30.8. The number of aryl methyl sites for hydroxylation is 3. The summed E-state index contributed by atoms with van der Waals surface area (Å²) in [6.07, 6.45) is 6.58. The van der Waals surface area contributed by atoms with E-state index >= 15 is 0 Å². The first-order chi connectivity index (χ1) is 26.6. The summed E-state index contributed by atoms with van der Waals surface area (Å²) in [5.41, 5.74) is 5.46. The number of anilines is 3. The van der Waals surface area contributed by atoms with Gasteiger partial charge in [-0.25, -0.2) is 29.9 Å². The number of morpholine rings is 1. The van der Waals surface area contributed by atoms with E-state index in [2.05, 4.69) is 48.9 Å². The number of pyridine rings is 2. The average molecular weight is 744 g/mol. The van der Waals surface area contributed by atoms with Crippen LogP contribution in [-0.2, 0) is 24.2 Å². The van der Waals surface area contributed by atoms with Crippen LogP contribution in [0.2, 0.25) is 5.02 Å². The number of hydrogen-bond donors (Lipinski definition) is 0. The minimum absolute atomic E-state index is 0.398. The summed E-state index contributed by atoms with van der Waals surface area (Å²) in [6, 6.07) is 26.1. The number of halogens is 1. The number of fused-ring (bicyclic) bond motifs is 2. The van der Waals surface area contributed by atoms with Gasteiger partial charge in [-0.3, -0.25) is 0 Å². The maximum absolute atomic E-state index is 6.27. The molecule has 3 aliphatic rings. The van der Waals surface area contributed by atoms with E-state index in [1.54, 1.807) is 0 Å². The van der Waals surface area contributed by atoms with Crippen molar-refractivity contribution >= 4 is 51.0 Å². The molecule has 11 nitrogen and oxygen atoms in total. The van der Waals surface area contributed by atoms with Crippen LogP contribution in [0.1, 0.15) is 48.6 Å². The Balaban J connectivity index is 0.000000157. The van der Waals surface area contributed by atoms with E-state index in [1.807, 2.05) is 61.5 Å². The highest BCUT2D eigenvalue weighted by Crippen LogP contribution is 2.28. The van der Waals surface area contributed by atoms with E-state index in [9.17, 15) is 0 Å². The SMILES string of the molecule is Cc1nc2ccccc2nc1OCc1cccc(N2CCCC2)n1.Clc1ccc2nc(CCc3cccc(N4CCCC4)n3)nc(N3CCOCC3)c2c1. The fourth-order valence-corrected chi connectivity index (χ4v) is 7.42. The van der Waals surface area contributed by atoms with Gasteiger partial charge in [-0.05, 0) is 93.6 Å². The summed E-state index contributed by atoms with van der Waals surface area (Å²) < 4.78 is 11.4. The molecule has 278 valence electrons. The van der Waals surface area contributed by atoms with Gasteiger partial charge in [0.05, 0.1) is 35.5 Å². The van der Waals surface area contributed by atoms with Crippen molar-refractivity contribution in [1.82, 2.24) is 29.9 Å². The molecule has 0 amide bonds. The molecular weight excluding hydrogens is 698 g/mol. The molecule has 2 aromatic carbocycles. The Labute approximate surface area is 321 Å². The Morgan fingerprint density at radius 2 is 1.26 bits per heavy atom. The van der Waals surface area contributed by atoms with E-state index < -0.39 is 0 Å². The molecule has 0 unspecified atom stereocenters. The van der Waals surface area contributed by atoms with Crippen LogP contribution in [0.3, 0.4) is 0 Å². The van der Waals surface area contributed by atoms with Crippen LogP contribution in [0.15, 0.2) is 78.9 Å². The maximum Gasteiger partial charge on any atom is 0.236 e.